The van der Waals surface area contributed by atoms with Gasteiger partial charge in [-0.3, -0.25) is 18.6 Å². The molecule has 0 aliphatic heterocycles. The van der Waals surface area contributed by atoms with Gasteiger partial charge >= 0.3 is 0 Å². The summed E-state index contributed by atoms with van der Waals surface area (Å²) in [5, 5.41) is 1.14. The predicted molar refractivity (Wildman–Crippen MR) is 133 cm³/mol. The molecule has 6 nitrogen and oxygen atoms in total. The second kappa shape index (κ2) is 8.33. The summed E-state index contributed by atoms with van der Waals surface area (Å²) in [4.78, 5) is 35.6. The van der Waals surface area contributed by atoms with Gasteiger partial charge in [-0.05, 0) is 56.2 Å². The Balaban J connectivity index is 1.64. The maximum absolute atomic E-state index is 13.5. The number of aromatic nitrogens is 4. The van der Waals surface area contributed by atoms with Gasteiger partial charge in [-0.25, -0.2) is 9.97 Å². The van der Waals surface area contributed by atoms with E-state index in [2.05, 4.69) is 6.07 Å². The molecular weight excluding hydrogens is 432 g/mol. The van der Waals surface area contributed by atoms with Crippen LogP contribution < -0.4 is 11.1 Å². The van der Waals surface area contributed by atoms with Crippen molar-refractivity contribution < 1.29 is 0 Å². The average molecular weight is 455 g/mol. The van der Waals surface area contributed by atoms with E-state index in [0.29, 0.717) is 33.2 Å². The lowest BCUT2D eigenvalue weighted by Gasteiger charge is -2.15. The lowest BCUT2D eigenvalue weighted by atomic mass is 10.1. The van der Waals surface area contributed by atoms with Crippen molar-refractivity contribution >= 4 is 28.3 Å². The van der Waals surface area contributed by atoms with Gasteiger partial charge in [0.2, 0.25) is 0 Å². The van der Waals surface area contributed by atoms with Crippen LogP contribution in [0, 0.1) is 20.8 Å². The van der Waals surface area contributed by atoms with Crippen LogP contribution in [0.1, 0.15) is 22.4 Å². The first-order valence-corrected chi connectivity index (χ1v) is 11.6. The van der Waals surface area contributed by atoms with Gasteiger partial charge in [0.05, 0.1) is 22.3 Å². The maximum Gasteiger partial charge on any atom is 0.266 e. The Morgan fingerprint density at radius 2 is 1.70 bits per heavy atom. The standard InChI is InChI=1S/C26H22N4O2S/c1-16-10-11-22(18(3)13-16)30-25(32)20-8-4-5-9-21(20)28-26(30)33-15-19-14-23(31)29-12-6-7-17(2)24(29)27-19/h4-14H,15H2,1-3H3. The molecule has 2 aromatic carbocycles. The summed E-state index contributed by atoms with van der Waals surface area (Å²) in [6.45, 7) is 5.95. The normalized spacial score (nSPS) is 11.4. The first-order valence-electron chi connectivity index (χ1n) is 10.6. The minimum atomic E-state index is -0.127. The highest BCUT2D eigenvalue weighted by Crippen LogP contribution is 2.26. The molecule has 0 N–H and O–H groups in total. The van der Waals surface area contributed by atoms with Gasteiger partial charge in [-0.15, -0.1) is 0 Å². The van der Waals surface area contributed by atoms with Crippen LogP contribution in [0.25, 0.3) is 22.2 Å². The third-order valence-corrected chi connectivity index (χ3v) is 6.60. The lowest BCUT2D eigenvalue weighted by molar-refractivity contribution is 0.813. The number of para-hydroxylation sites is 1. The van der Waals surface area contributed by atoms with E-state index in [1.807, 2.05) is 63.2 Å². The molecule has 0 fully saturated rings. The molecule has 0 aliphatic rings. The maximum atomic E-state index is 13.5. The molecular formula is C26H22N4O2S. The molecule has 5 rings (SSSR count). The van der Waals surface area contributed by atoms with Crippen LogP contribution in [0.4, 0.5) is 0 Å². The van der Waals surface area contributed by atoms with Crippen LogP contribution >= 0.6 is 11.8 Å². The number of rotatable bonds is 4. The third kappa shape index (κ3) is 3.85. The number of nitrogens with zero attached hydrogens (tertiary/aromatic N) is 4. The van der Waals surface area contributed by atoms with Crippen LogP contribution in [-0.2, 0) is 5.75 Å². The van der Waals surface area contributed by atoms with Gasteiger partial charge in [0, 0.05) is 18.0 Å². The van der Waals surface area contributed by atoms with E-state index < -0.39 is 0 Å². The highest BCUT2D eigenvalue weighted by molar-refractivity contribution is 7.98. The summed E-state index contributed by atoms with van der Waals surface area (Å²) in [6.07, 6.45) is 1.72. The number of pyridine rings is 1. The van der Waals surface area contributed by atoms with E-state index in [-0.39, 0.29) is 11.1 Å². The molecule has 164 valence electrons. The molecule has 3 heterocycles. The van der Waals surface area contributed by atoms with E-state index in [1.165, 1.54) is 11.8 Å². The van der Waals surface area contributed by atoms with Crippen molar-refractivity contribution in [3.05, 3.63) is 110 Å². The Labute approximate surface area is 194 Å². The first-order chi connectivity index (χ1) is 15.9. The third-order valence-electron chi connectivity index (χ3n) is 5.63. The van der Waals surface area contributed by atoms with Crippen LogP contribution in [-0.4, -0.2) is 18.9 Å². The van der Waals surface area contributed by atoms with Crippen LogP contribution in [0.5, 0.6) is 0 Å². The van der Waals surface area contributed by atoms with E-state index in [0.717, 1.165) is 22.4 Å². The van der Waals surface area contributed by atoms with Gasteiger partial charge in [0.1, 0.15) is 5.65 Å². The quantitative estimate of drug-likeness (QED) is 0.293. The number of fused-ring (bicyclic) bond motifs is 2. The van der Waals surface area contributed by atoms with Gasteiger partial charge in [-0.2, -0.15) is 0 Å². The Morgan fingerprint density at radius 1 is 0.879 bits per heavy atom. The summed E-state index contributed by atoms with van der Waals surface area (Å²) in [5.74, 6) is 0.412. The predicted octanol–water partition coefficient (Wildman–Crippen LogP) is 4.61. The monoisotopic (exact) mass is 454 g/mol. The second-order valence-electron chi connectivity index (χ2n) is 8.10. The zero-order valence-corrected chi connectivity index (χ0v) is 19.4. The molecule has 5 aromatic rings. The molecule has 0 atom stereocenters. The molecule has 0 saturated heterocycles. The smallest absolute Gasteiger partial charge is 0.266 e. The van der Waals surface area contributed by atoms with Crippen molar-refractivity contribution in [3.63, 3.8) is 0 Å². The number of benzene rings is 2. The van der Waals surface area contributed by atoms with E-state index >= 15 is 0 Å². The summed E-state index contributed by atoms with van der Waals surface area (Å²) in [6, 6.07) is 18.7. The fourth-order valence-corrected chi connectivity index (χ4v) is 4.90. The number of aryl methyl sites for hydroxylation is 3. The topological polar surface area (TPSA) is 69.3 Å². The Hall–Kier alpha value is -3.71. The largest absolute Gasteiger partial charge is 0.269 e. The molecule has 0 aliphatic carbocycles. The van der Waals surface area contributed by atoms with Crippen LogP contribution in [0.3, 0.4) is 0 Å². The fraction of sp³-hybridized carbons (Fsp3) is 0.154. The molecule has 0 amide bonds. The Bertz CT molecular complexity index is 1650. The number of hydrogen-bond donors (Lipinski definition) is 0. The molecule has 0 saturated carbocycles. The average Bonchev–Trinajstić information content (AvgIpc) is 2.79. The van der Waals surface area contributed by atoms with E-state index in [1.54, 1.807) is 27.3 Å². The van der Waals surface area contributed by atoms with Crippen molar-refractivity contribution in [2.24, 2.45) is 0 Å². The van der Waals surface area contributed by atoms with Crippen molar-refractivity contribution in [3.8, 4) is 5.69 Å². The molecule has 0 radical (unpaired) electrons. The van der Waals surface area contributed by atoms with E-state index in [9.17, 15) is 9.59 Å². The minimum absolute atomic E-state index is 0.113. The Kier molecular flexibility index (Phi) is 5.34. The molecule has 0 bridgehead atoms. The van der Waals surface area contributed by atoms with E-state index in [4.69, 9.17) is 9.97 Å². The highest BCUT2D eigenvalue weighted by atomic mass is 32.2. The summed E-state index contributed by atoms with van der Waals surface area (Å²) < 4.78 is 3.21. The Morgan fingerprint density at radius 3 is 2.52 bits per heavy atom. The van der Waals surface area contributed by atoms with Gasteiger partial charge in [0.25, 0.3) is 11.1 Å². The molecule has 33 heavy (non-hydrogen) atoms. The summed E-state index contributed by atoms with van der Waals surface area (Å²) >= 11 is 1.40. The number of thioether (sulfide) groups is 1. The van der Waals surface area contributed by atoms with Gasteiger partial charge < -0.3 is 0 Å². The molecule has 7 heteroatoms. The SMILES string of the molecule is Cc1ccc(-n2c(SCc3cc(=O)n4cccc(C)c4n3)nc3ccccc3c2=O)c(C)c1. The first kappa shape index (κ1) is 21.2. The molecule has 0 unspecified atom stereocenters. The van der Waals surface area contributed by atoms with Crippen molar-refractivity contribution in [1.82, 2.24) is 18.9 Å². The summed E-state index contributed by atoms with van der Waals surface area (Å²) in [5.41, 5.74) is 5.54. The van der Waals surface area contributed by atoms with Gasteiger partial charge in [0.15, 0.2) is 5.16 Å². The molecule has 3 aromatic heterocycles. The van der Waals surface area contributed by atoms with Crippen LogP contribution in [0.15, 0.2) is 81.6 Å². The van der Waals surface area contributed by atoms with Crippen molar-refractivity contribution in [2.75, 3.05) is 0 Å². The minimum Gasteiger partial charge on any atom is -0.269 e. The van der Waals surface area contributed by atoms with Crippen molar-refractivity contribution in [1.29, 1.82) is 0 Å². The zero-order valence-electron chi connectivity index (χ0n) is 18.6. The van der Waals surface area contributed by atoms with Crippen molar-refractivity contribution in [2.45, 2.75) is 31.7 Å². The highest BCUT2D eigenvalue weighted by Gasteiger charge is 2.16. The summed E-state index contributed by atoms with van der Waals surface area (Å²) in [7, 11) is 0. The van der Waals surface area contributed by atoms with Gasteiger partial charge in [-0.1, -0.05) is 47.7 Å². The zero-order chi connectivity index (χ0) is 23.1. The second-order valence-corrected chi connectivity index (χ2v) is 9.04. The lowest BCUT2D eigenvalue weighted by Crippen LogP contribution is -2.22. The number of hydrogen-bond acceptors (Lipinski definition) is 5. The molecule has 0 spiro atoms. The fourth-order valence-electron chi connectivity index (χ4n) is 4.00. The van der Waals surface area contributed by atoms with Crippen LogP contribution in [0.2, 0.25) is 0 Å².